The maximum atomic E-state index is 11.7. The van der Waals surface area contributed by atoms with E-state index in [0.717, 1.165) is 6.42 Å². The number of carbonyl (C=O) groups excluding carboxylic acids is 1. The van der Waals surface area contributed by atoms with E-state index in [9.17, 15) is 13.2 Å². The molecule has 1 N–H and O–H groups in total. The summed E-state index contributed by atoms with van der Waals surface area (Å²) in [6, 6.07) is 5.60. The van der Waals surface area contributed by atoms with Gasteiger partial charge in [0.25, 0.3) is 0 Å². The van der Waals surface area contributed by atoms with Crippen LogP contribution in [0.1, 0.15) is 23.7 Å². The molecule has 0 fully saturated rings. The second-order valence-electron chi connectivity index (χ2n) is 3.41. The Morgan fingerprint density at radius 3 is 2.35 bits per heavy atom. The molecule has 0 unspecified atom stereocenters. The summed E-state index contributed by atoms with van der Waals surface area (Å²) in [5, 5.41) is 0. The molecule has 6 heteroatoms. The lowest BCUT2D eigenvalue weighted by Gasteiger charge is -2.06. The molecule has 0 atom stereocenters. The summed E-state index contributed by atoms with van der Waals surface area (Å²) >= 11 is 0. The number of benzene rings is 1. The lowest BCUT2D eigenvalue weighted by Crippen LogP contribution is -2.24. The van der Waals surface area contributed by atoms with Crippen LogP contribution in [0.15, 0.2) is 29.2 Å². The fourth-order valence-electron chi connectivity index (χ4n) is 1.21. The van der Waals surface area contributed by atoms with Crippen molar-refractivity contribution >= 4 is 16.0 Å². The lowest BCUT2D eigenvalue weighted by molar-refractivity contribution is 0.0600. The van der Waals surface area contributed by atoms with Crippen LogP contribution in [0, 0.1) is 0 Å². The highest BCUT2D eigenvalue weighted by Crippen LogP contribution is 2.11. The molecule has 0 heterocycles. The van der Waals surface area contributed by atoms with E-state index in [2.05, 4.69) is 9.46 Å². The molecule has 0 radical (unpaired) electrons. The number of rotatable bonds is 5. The second-order valence-corrected chi connectivity index (χ2v) is 5.18. The Labute approximate surface area is 101 Å². The van der Waals surface area contributed by atoms with Gasteiger partial charge in [-0.05, 0) is 30.7 Å². The van der Waals surface area contributed by atoms with Gasteiger partial charge in [0.15, 0.2) is 0 Å². The number of nitrogens with one attached hydrogen (secondary N) is 1. The Morgan fingerprint density at radius 1 is 1.29 bits per heavy atom. The summed E-state index contributed by atoms with van der Waals surface area (Å²) in [7, 11) is -2.20. The Hall–Kier alpha value is -1.40. The minimum atomic E-state index is -3.47. The molecule has 1 rings (SSSR count). The van der Waals surface area contributed by atoms with Crippen LogP contribution in [0.4, 0.5) is 0 Å². The first-order valence-corrected chi connectivity index (χ1v) is 6.67. The van der Waals surface area contributed by atoms with Crippen molar-refractivity contribution < 1.29 is 17.9 Å². The summed E-state index contributed by atoms with van der Waals surface area (Å²) in [4.78, 5) is 11.3. The molecule has 0 aliphatic rings. The molecule has 1 aromatic carbocycles. The van der Waals surface area contributed by atoms with Crippen molar-refractivity contribution in [3.63, 3.8) is 0 Å². The molecule has 94 valence electrons. The van der Waals surface area contributed by atoms with Gasteiger partial charge >= 0.3 is 5.97 Å². The van der Waals surface area contributed by atoms with Gasteiger partial charge in [0.05, 0.1) is 17.6 Å². The van der Waals surface area contributed by atoms with E-state index in [0.29, 0.717) is 12.1 Å². The second kappa shape index (κ2) is 5.79. The van der Waals surface area contributed by atoms with E-state index in [1.54, 1.807) is 0 Å². The van der Waals surface area contributed by atoms with Gasteiger partial charge in [-0.25, -0.2) is 17.9 Å². The zero-order chi connectivity index (χ0) is 12.9. The van der Waals surface area contributed by atoms with Gasteiger partial charge in [0.1, 0.15) is 0 Å². The summed E-state index contributed by atoms with van der Waals surface area (Å²) in [5.41, 5.74) is 0.321. The fraction of sp³-hybridized carbons (Fsp3) is 0.364. The van der Waals surface area contributed by atoms with Crippen LogP contribution in [0.2, 0.25) is 0 Å². The summed E-state index contributed by atoms with van der Waals surface area (Å²) in [6.45, 7) is 2.27. The predicted molar refractivity (Wildman–Crippen MR) is 63.3 cm³/mol. The number of esters is 1. The first kappa shape index (κ1) is 13.7. The van der Waals surface area contributed by atoms with Crippen LogP contribution in [-0.2, 0) is 14.8 Å². The molecule has 0 aliphatic heterocycles. The maximum Gasteiger partial charge on any atom is 0.337 e. The highest BCUT2D eigenvalue weighted by molar-refractivity contribution is 7.89. The molecule has 0 saturated carbocycles. The molecule has 0 amide bonds. The Morgan fingerprint density at radius 2 is 1.88 bits per heavy atom. The molecular weight excluding hydrogens is 242 g/mol. The average molecular weight is 257 g/mol. The van der Waals surface area contributed by atoms with Crippen LogP contribution in [0.5, 0.6) is 0 Å². The van der Waals surface area contributed by atoms with Crippen LogP contribution in [0.25, 0.3) is 0 Å². The van der Waals surface area contributed by atoms with Gasteiger partial charge in [-0.15, -0.1) is 0 Å². The van der Waals surface area contributed by atoms with Gasteiger partial charge in [-0.1, -0.05) is 6.92 Å². The minimum Gasteiger partial charge on any atom is -0.465 e. The first-order chi connectivity index (χ1) is 8.01. The number of methoxy groups -OCH3 is 1. The summed E-state index contributed by atoms with van der Waals surface area (Å²) < 4.78 is 30.4. The van der Waals surface area contributed by atoms with E-state index in [1.807, 2.05) is 6.92 Å². The molecule has 5 nitrogen and oxygen atoms in total. The molecule has 0 aromatic heterocycles. The third-order valence-electron chi connectivity index (χ3n) is 2.13. The van der Waals surface area contributed by atoms with Crippen molar-refractivity contribution in [1.29, 1.82) is 0 Å². The predicted octanol–water partition coefficient (Wildman–Crippen LogP) is 1.16. The first-order valence-electron chi connectivity index (χ1n) is 5.19. The minimum absolute atomic E-state index is 0.138. The Kier molecular flexibility index (Phi) is 4.65. The molecule has 0 saturated heterocycles. The Balaban J connectivity index is 2.91. The zero-order valence-electron chi connectivity index (χ0n) is 9.76. The van der Waals surface area contributed by atoms with Crippen LogP contribution >= 0.6 is 0 Å². The monoisotopic (exact) mass is 257 g/mol. The average Bonchev–Trinajstić information content (AvgIpc) is 2.35. The number of hydrogen-bond acceptors (Lipinski definition) is 4. The number of hydrogen-bond donors (Lipinski definition) is 1. The fourth-order valence-corrected chi connectivity index (χ4v) is 2.34. The van der Waals surface area contributed by atoms with Crippen molar-refractivity contribution in [2.45, 2.75) is 18.2 Å². The SMILES string of the molecule is CCCNS(=O)(=O)c1ccc(C(=O)OC)cc1. The van der Waals surface area contributed by atoms with E-state index < -0.39 is 16.0 Å². The number of ether oxygens (including phenoxy) is 1. The van der Waals surface area contributed by atoms with E-state index in [-0.39, 0.29) is 4.90 Å². The quantitative estimate of drug-likeness (QED) is 0.803. The van der Waals surface area contributed by atoms with Gasteiger partial charge < -0.3 is 4.74 Å². The van der Waals surface area contributed by atoms with Crippen molar-refractivity contribution in [1.82, 2.24) is 4.72 Å². The molecule has 0 aliphatic carbocycles. The van der Waals surface area contributed by atoms with Gasteiger partial charge in [0.2, 0.25) is 10.0 Å². The van der Waals surface area contributed by atoms with Crippen molar-refractivity contribution in [3.05, 3.63) is 29.8 Å². The van der Waals surface area contributed by atoms with Crippen molar-refractivity contribution in [3.8, 4) is 0 Å². The number of sulfonamides is 1. The maximum absolute atomic E-state index is 11.7. The van der Waals surface area contributed by atoms with Crippen LogP contribution < -0.4 is 4.72 Å². The van der Waals surface area contributed by atoms with Gasteiger partial charge in [-0.2, -0.15) is 0 Å². The largest absolute Gasteiger partial charge is 0.465 e. The van der Waals surface area contributed by atoms with E-state index >= 15 is 0 Å². The zero-order valence-corrected chi connectivity index (χ0v) is 10.6. The van der Waals surface area contributed by atoms with Crippen LogP contribution in [-0.4, -0.2) is 28.0 Å². The van der Waals surface area contributed by atoms with Crippen molar-refractivity contribution in [2.75, 3.05) is 13.7 Å². The molecular formula is C11H15NO4S. The third kappa shape index (κ3) is 3.54. The van der Waals surface area contributed by atoms with E-state index in [1.165, 1.54) is 31.4 Å². The smallest absolute Gasteiger partial charge is 0.337 e. The highest BCUT2D eigenvalue weighted by atomic mass is 32.2. The summed E-state index contributed by atoms with van der Waals surface area (Å²) in [6.07, 6.45) is 0.722. The Bertz CT molecular complexity index is 479. The molecule has 0 bridgehead atoms. The molecule has 17 heavy (non-hydrogen) atoms. The van der Waals surface area contributed by atoms with Gasteiger partial charge in [0, 0.05) is 6.54 Å². The van der Waals surface area contributed by atoms with Gasteiger partial charge in [-0.3, -0.25) is 0 Å². The normalized spacial score (nSPS) is 11.2. The topological polar surface area (TPSA) is 72.5 Å². The van der Waals surface area contributed by atoms with Crippen molar-refractivity contribution in [2.24, 2.45) is 0 Å². The van der Waals surface area contributed by atoms with E-state index in [4.69, 9.17) is 0 Å². The molecule has 0 spiro atoms. The molecule has 1 aromatic rings. The summed E-state index contributed by atoms with van der Waals surface area (Å²) in [5.74, 6) is -0.490. The number of carbonyl (C=O) groups is 1. The lowest BCUT2D eigenvalue weighted by atomic mass is 10.2. The highest BCUT2D eigenvalue weighted by Gasteiger charge is 2.13. The standard InChI is InChI=1S/C11H15NO4S/c1-3-8-12-17(14,15)10-6-4-9(5-7-10)11(13)16-2/h4-7,12H,3,8H2,1-2H3. The van der Waals surface area contributed by atoms with Crippen LogP contribution in [0.3, 0.4) is 0 Å². The third-order valence-corrected chi connectivity index (χ3v) is 3.60.